The van der Waals surface area contributed by atoms with Crippen molar-refractivity contribution in [2.45, 2.75) is 73.1 Å². The molecule has 2 atom stereocenters. The average molecular weight is 347 g/mol. The Balaban J connectivity index is 2.96. The summed E-state index contributed by atoms with van der Waals surface area (Å²) in [4.78, 5) is 17.0. The molecule has 0 fully saturated rings. The molecular weight excluding hydrogens is 312 g/mol. The van der Waals surface area contributed by atoms with E-state index in [1.807, 2.05) is 6.08 Å². The van der Waals surface area contributed by atoms with E-state index in [0.717, 1.165) is 37.1 Å². The summed E-state index contributed by atoms with van der Waals surface area (Å²) in [6, 6.07) is 2.12. The second-order valence-corrected chi connectivity index (χ2v) is 7.80. The van der Waals surface area contributed by atoms with E-state index in [-0.39, 0.29) is 5.41 Å². The molecule has 0 aromatic heterocycles. The Kier molecular flexibility index (Phi) is 8.89. The van der Waals surface area contributed by atoms with Gasteiger partial charge in [0.05, 0.1) is 12.7 Å². The minimum Gasteiger partial charge on any atom is -0.465 e. The first-order valence-corrected chi connectivity index (χ1v) is 9.66. The average Bonchev–Trinajstić information content (AvgIpc) is 2.54. The van der Waals surface area contributed by atoms with Gasteiger partial charge in [-0.2, -0.15) is 5.26 Å². The number of allylic oxidation sites excluding steroid dienone is 1. The predicted octanol–water partition coefficient (Wildman–Crippen LogP) is 5.09. The highest BCUT2D eigenvalue weighted by molar-refractivity contribution is 5.98. The summed E-state index contributed by atoms with van der Waals surface area (Å²) in [7, 11) is 0. The Morgan fingerprint density at radius 2 is 2.08 bits per heavy atom. The SMILES string of the molecule is CCCCC(CC)CN=C1C=C(C(C#N)C(=O)OCC)CC(C)(C)C1. The summed E-state index contributed by atoms with van der Waals surface area (Å²) >= 11 is 0. The van der Waals surface area contributed by atoms with E-state index in [9.17, 15) is 10.1 Å². The molecule has 0 aliphatic heterocycles. The van der Waals surface area contributed by atoms with Crippen molar-refractivity contribution < 1.29 is 9.53 Å². The van der Waals surface area contributed by atoms with Crippen LogP contribution in [0.25, 0.3) is 0 Å². The summed E-state index contributed by atoms with van der Waals surface area (Å²) < 4.78 is 5.07. The van der Waals surface area contributed by atoms with E-state index in [4.69, 9.17) is 9.73 Å². The van der Waals surface area contributed by atoms with Gasteiger partial charge in [-0.3, -0.25) is 9.79 Å². The Bertz CT molecular complexity index is 541. The van der Waals surface area contributed by atoms with Crippen LogP contribution in [-0.4, -0.2) is 24.8 Å². The summed E-state index contributed by atoms with van der Waals surface area (Å²) in [5.41, 5.74) is 1.87. The van der Waals surface area contributed by atoms with Crippen LogP contribution in [-0.2, 0) is 9.53 Å². The Hall–Kier alpha value is -1.63. The lowest BCUT2D eigenvalue weighted by atomic mass is 9.73. The molecule has 0 saturated heterocycles. The van der Waals surface area contributed by atoms with Gasteiger partial charge < -0.3 is 4.74 Å². The van der Waals surface area contributed by atoms with Crippen molar-refractivity contribution in [2.75, 3.05) is 13.2 Å². The quantitative estimate of drug-likeness (QED) is 0.546. The van der Waals surface area contributed by atoms with Crippen molar-refractivity contribution in [3.63, 3.8) is 0 Å². The number of ether oxygens (including phenoxy) is 1. The molecule has 0 amide bonds. The van der Waals surface area contributed by atoms with Crippen LogP contribution >= 0.6 is 0 Å². The lowest BCUT2D eigenvalue weighted by molar-refractivity contribution is -0.144. The number of hydrogen-bond acceptors (Lipinski definition) is 4. The number of nitrogens with zero attached hydrogens (tertiary/aromatic N) is 2. The molecule has 0 heterocycles. The summed E-state index contributed by atoms with van der Waals surface area (Å²) in [5, 5.41) is 9.45. The topological polar surface area (TPSA) is 62.5 Å². The highest BCUT2D eigenvalue weighted by atomic mass is 16.5. The van der Waals surface area contributed by atoms with Crippen molar-refractivity contribution in [3.05, 3.63) is 11.6 Å². The zero-order valence-corrected chi connectivity index (χ0v) is 16.6. The maximum Gasteiger partial charge on any atom is 0.327 e. The number of carbonyl (C=O) groups excluding carboxylic acids is 1. The van der Waals surface area contributed by atoms with Crippen molar-refractivity contribution in [3.8, 4) is 6.07 Å². The van der Waals surface area contributed by atoms with E-state index < -0.39 is 11.9 Å². The van der Waals surface area contributed by atoms with Crippen LogP contribution in [0.4, 0.5) is 0 Å². The highest BCUT2D eigenvalue weighted by Crippen LogP contribution is 2.37. The predicted molar refractivity (Wildman–Crippen MR) is 102 cm³/mol. The normalized spacial score (nSPS) is 20.5. The molecule has 4 nitrogen and oxygen atoms in total. The molecule has 0 radical (unpaired) electrons. The van der Waals surface area contributed by atoms with E-state index in [1.165, 1.54) is 19.3 Å². The van der Waals surface area contributed by atoms with Crippen LogP contribution in [0.5, 0.6) is 0 Å². The summed E-state index contributed by atoms with van der Waals surface area (Å²) in [6.45, 7) is 11.7. The van der Waals surface area contributed by atoms with E-state index in [0.29, 0.717) is 12.5 Å². The molecule has 0 aromatic rings. The molecule has 0 spiro atoms. The first kappa shape index (κ1) is 21.4. The molecule has 1 aliphatic carbocycles. The number of hydrogen-bond donors (Lipinski definition) is 0. The fraction of sp³-hybridized carbons (Fsp3) is 0.762. The standard InChI is InChI=1S/C21H34N2O2/c1-6-9-10-16(7-2)15-23-18-11-17(12-21(4,5)13-18)19(14-22)20(24)25-8-3/h11,16,19H,6-10,12-13,15H2,1-5H3. The van der Waals surface area contributed by atoms with Crippen LogP contribution in [0.2, 0.25) is 0 Å². The monoisotopic (exact) mass is 346 g/mol. The van der Waals surface area contributed by atoms with E-state index >= 15 is 0 Å². The van der Waals surface area contributed by atoms with Crippen LogP contribution in [0.15, 0.2) is 16.6 Å². The lowest BCUT2D eigenvalue weighted by Gasteiger charge is -2.32. The van der Waals surface area contributed by atoms with Gasteiger partial charge in [0.25, 0.3) is 0 Å². The number of aliphatic imine (C=N–C) groups is 1. The fourth-order valence-corrected chi connectivity index (χ4v) is 3.38. The van der Waals surface area contributed by atoms with Crippen molar-refractivity contribution in [1.82, 2.24) is 0 Å². The van der Waals surface area contributed by atoms with Gasteiger partial charge in [0.15, 0.2) is 5.92 Å². The second kappa shape index (κ2) is 10.4. The van der Waals surface area contributed by atoms with Crippen LogP contribution in [0.1, 0.15) is 73.1 Å². The van der Waals surface area contributed by atoms with E-state index in [1.54, 1.807) is 6.92 Å². The van der Waals surface area contributed by atoms with Crippen molar-refractivity contribution in [1.29, 1.82) is 5.26 Å². The van der Waals surface area contributed by atoms with Crippen LogP contribution in [0, 0.1) is 28.6 Å². The molecule has 4 heteroatoms. The molecule has 0 aromatic carbocycles. The number of esters is 1. The zero-order chi connectivity index (χ0) is 18.9. The molecule has 0 saturated carbocycles. The van der Waals surface area contributed by atoms with Crippen LogP contribution < -0.4 is 0 Å². The maximum atomic E-state index is 12.1. The van der Waals surface area contributed by atoms with Crippen LogP contribution in [0.3, 0.4) is 0 Å². The molecule has 1 rings (SSSR count). The third-order valence-corrected chi connectivity index (χ3v) is 4.81. The van der Waals surface area contributed by atoms with E-state index in [2.05, 4.69) is 33.8 Å². The zero-order valence-electron chi connectivity index (χ0n) is 16.6. The molecule has 140 valence electrons. The third-order valence-electron chi connectivity index (χ3n) is 4.81. The Morgan fingerprint density at radius 3 is 2.64 bits per heavy atom. The minimum absolute atomic E-state index is 0.00956. The molecule has 25 heavy (non-hydrogen) atoms. The smallest absolute Gasteiger partial charge is 0.327 e. The molecule has 2 unspecified atom stereocenters. The van der Waals surface area contributed by atoms with Gasteiger partial charge in [0.1, 0.15) is 0 Å². The number of rotatable bonds is 9. The minimum atomic E-state index is -0.813. The van der Waals surface area contributed by atoms with Gasteiger partial charge in [0, 0.05) is 12.3 Å². The van der Waals surface area contributed by atoms with Gasteiger partial charge >= 0.3 is 5.97 Å². The first-order chi connectivity index (χ1) is 11.9. The Labute approximate surface area is 153 Å². The van der Waals surface area contributed by atoms with Gasteiger partial charge in [-0.1, -0.05) is 47.0 Å². The van der Waals surface area contributed by atoms with Crippen molar-refractivity contribution >= 4 is 11.7 Å². The molecule has 0 bridgehead atoms. The summed E-state index contributed by atoms with van der Waals surface area (Å²) in [5.74, 6) is -0.638. The van der Waals surface area contributed by atoms with Crippen molar-refractivity contribution in [2.24, 2.45) is 22.2 Å². The summed E-state index contributed by atoms with van der Waals surface area (Å²) in [6.07, 6.45) is 8.41. The fourth-order valence-electron chi connectivity index (χ4n) is 3.38. The first-order valence-electron chi connectivity index (χ1n) is 9.66. The van der Waals surface area contributed by atoms with Gasteiger partial charge in [-0.05, 0) is 49.2 Å². The molecule has 0 N–H and O–H groups in total. The maximum absolute atomic E-state index is 12.1. The number of carbonyl (C=O) groups is 1. The van der Waals surface area contributed by atoms with Gasteiger partial charge in [-0.15, -0.1) is 0 Å². The Morgan fingerprint density at radius 1 is 1.36 bits per heavy atom. The number of nitriles is 1. The second-order valence-electron chi connectivity index (χ2n) is 7.80. The van der Waals surface area contributed by atoms with Gasteiger partial charge in [-0.25, -0.2) is 0 Å². The highest BCUT2D eigenvalue weighted by Gasteiger charge is 2.33. The molecular formula is C21H34N2O2. The van der Waals surface area contributed by atoms with Gasteiger partial charge in [0.2, 0.25) is 0 Å². The largest absolute Gasteiger partial charge is 0.465 e. The molecule has 1 aliphatic rings. The third kappa shape index (κ3) is 7.02. The lowest BCUT2D eigenvalue weighted by Crippen LogP contribution is -2.28. The number of unbranched alkanes of at least 4 members (excludes halogenated alkanes) is 1.